The quantitative estimate of drug-likeness (QED) is 0.744. The minimum Gasteiger partial charge on any atom is -0.379 e. The molecule has 0 spiro atoms. The monoisotopic (exact) mass is 263 g/mol. The molecule has 0 aliphatic carbocycles. The van der Waals surface area contributed by atoms with Gasteiger partial charge in [0, 0.05) is 33.2 Å². The third-order valence-electron chi connectivity index (χ3n) is 3.37. The van der Waals surface area contributed by atoms with Crippen LogP contribution in [0.2, 0.25) is 0 Å². The maximum Gasteiger partial charge on any atom is 0.281 e. The molecule has 0 radical (unpaired) electrons. The number of morpholine rings is 1. The first-order chi connectivity index (χ1) is 9.24. The Morgan fingerprint density at radius 1 is 1.32 bits per heavy atom. The highest BCUT2D eigenvalue weighted by atomic mass is 16.5. The van der Waals surface area contributed by atoms with Gasteiger partial charge in [0.05, 0.1) is 25.7 Å². The molecule has 19 heavy (non-hydrogen) atoms. The van der Waals surface area contributed by atoms with Crippen LogP contribution in [0.15, 0.2) is 17.3 Å². The molecule has 1 saturated heterocycles. The SMILES string of the molecule is Cn1cc2ncn(CCN3CCOCC3)c(=O)c2n1. The summed E-state index contributed by atoms with van der Waals surface area (Å²) in [4.78, 5) is 18.8. The molecule has 7 nitrogen and oxygen atoms in total. The fourth-order valence-electron chi connectivity index (χ4n) is 2.28. The van der Waals surface area contributed by atoms with E-state index in [1.807, 2.05) is 0 Å². The second-order valence-corrected chi connectivity index (χ2v) is 4.73. The number of ether oxygens (including phenoxy) is 1. The molecule has 2 aromatic rings. The van der Waals surface area contributed by atoms with Gasteiger partial charge in [-0.3, -0.25) is 18.9 Å². The van der Waals surface area contributed by atoms with Crippen molar-refractivity contribution >= 4 is 11.0 Å². The third-order valence-corrected chi connectivity index (χ3v) is 3.37. The van der Waals surface area contributed by atoms with Gasteiger partial charge in [-0.05, 0) is 0 Å². The van der Waals surface area contributed by atoms with E-state index in [0.717, 1.165) is 32.8 Å². The Morgan fingerprint density at radius 3 is 2.89 bits per heavy atom. The minimum absolute atomic E-state index is 0.0705. The molecule has 1 aliphatic heterocycles. The highest BCUT2D eigenvalue weighted by molar-refractivity contribution is 5.71. The van der Waals surface area contributed by atoms with E-state index >= 15 is 0 Å². The molecule has 0 unspecified atom stereocenters. The summed E-state index contributed by atoms with van der Waals surface area (Å²) in [5.74, 6) is 0. The highest BCUT2D eigenvalue weighted by Gasteiger charge is 2.12. The molecule has 0 atom stereocenters. The van der Waals surface area contributed by atoms with Gasteiger partial charge in [-0.2, -0.15) is 5.10 Å². The predicted molar refractivity (Wildman–Crippen MR) is 70.0 cm³/mol. The van der Waals surface area contributed by atoms with Gasteiger partial charge in [-0.15, -0.1) is 0 Å². The molecule has 1 aliphatic rings. The second kappa shape index (κ2) is 5.10. The lowest BCUT2D eigenvalue weighted by Gasteiger charge is -2.26. The minimum atomic E-state index is -0.0705. The van der Waals surface area contributed by atoms with E-state index in [1.54, 1.807) is 28.8 Å². The summed E-state index contributed by atoms with van der Waals surface area (Å²) >= 11 is 0. The third kappa shape index (κ3) is 2.52. The Hall–Kier alpha value is -1.73. The van der Waals surface area contributed by atoms with Gasteiger partial charge in [0.15, 0.2) is 5.52 Å². The zero-order valence-corrected chi connectivity index (χ0v) is 10.9. The number of aromatic nitrogens is 4. The molecule has 0 saturated carbocycles. The Bertz CT molecular complexity index is 627. The van der Waals surface area contributed by atoms with E-state index in [0.29, 0.717) is 17.6 Å². The van der Waals surface area contributed by atoms with Crippen LogP contribution in [0, 0.1) is 0 Å². The largest absolute Gasteiger partial charge is 0.379 e. The smallest absolute Gasteiger partial charge is 0.281 e. The van der Waals surface area contributed by atoms with Crippen LogP contribution < -0.4 is 5.56 Å². The zero-order valence-electron chi connectivity index (χ0n) is 10.9. The Labute approximate surface area is 110 Å². The number of nitrogens with zero attached hydrogens (tertiary/aromatic N) is 5. The van der Waals surface area contributed by atoms with Crippen LogP contribution >= 0.6 is 0 Å². The summed E-state index contributed by atoms with van der Waals surface area (Å²) in [6.07, 6.45) is 3.36. The summed E-state index contributed by atoms with van der Waals surface area (Å²) in [6, 6.07) is 0. The first-order valence-electron chi connectivity index (χ1n) is 6.43. The van der Waals surface area contributed by atoms with Crippen LogP contribution in [0.5, 0.6) is 0 Å². The van der Waals surface area contributed by atoms with Crippen molar-refractivity contribution in [2.75, 3.05) is 32.8 Å². The maximum atomic E-state index is 12.2. The van der Waals surface area contributed by atoms with E-state index in [4.69, 9.17) is 4.74 Å². The average Bonchev–Trinajstić information content (AvgIpc) is 2.81. The first-order valence-corrected chi connectivity index (χ1v) is 6.43. The van der Waals surface area contributed by atoms with Gasteiger partial charge < -0.3 is 4.74 Å². The normalized spacial score (nSPS) is 17.1. The molecule has 102 valence electrons. The van der Waals surface area contributed by atoms with E-state index in [-0.39, 0.29) is 5.56 Å². The molecule has 1 fully saturated rings. The topological polar surface area (TPSA) is 65.2 Å². The van der Waals surface area contributed by atoms with E-state index < -0.39 is 0 Å². The molecule has 3 rings (SSSR count). The van der Waals surface area contributed by atoms with Gasteiger partial charge in [0.25, 0.3) is 5.56 Å². The lowest BCUT2D eigenvalue weighted by Crippen LogP contribution is -2.39. The lowest BCUT2D eigenvalue weighted by molar-refractivity contribution is 0.0362. The van der Waals surface area contributed by atoms with Gasteiger partial charge in [-0.1, -0.05) is 0 Å². The van der Waals surface area contributed by atoms with Crippen LogP contribution in [-0.2, 0) is 18.3 Å². The molecule has 0 N–H and O–H groups in total. The average molecular weight is 263 g/mol. The molecule has 2 aromatic heterocycles. The summed E-state index contributed by atoms with van der Waals surface area (Å²) in [6.45, 7) is 4.86. The standard InChI is InChI=1S/C12H17N5O2/c1-15-8-10-11(14-15)12(18)17(9-13-10)3-2-16-4-6-19-7-5-16/h8-9H,2-7H2,1H3. The Kier molecular flexibility index (Phi) is 3.31. The fourth-order valence-corrected chi connectivity index (χ4v) is 2.28. The van der Waals surface area contributed by atoms with Crippen LogP contribution in [0.25, 0.3) is 11.0 Å². The number of hydrogen-bond acceptors (Lipinski definition) is 5. The molecular formula is C12H17N5O2. The van der Waals surface area contributed by atoms with Crippen molar-refractivity contribution in [2.45, 2.75) is 6.54 Å². The zero-order chi connectivity index (χ0) is 13.2. The first kappa shape index (κ1) is 12.3. The van der Waals surface area contributed by atoms with Crippen molar-refractivity contribution < 1.29 is 4.74 Å². The lowest BCUT2D eigenvalue weighted by atomic mass is 10.4. The molecule has 0 bridgehead atoms. The summed E-state index contributed by atoms with van der Waals surface area (Å²) < 4.78 is 8.55. The molecule has 0 aromatic carbocycles. The molecule has 0 amide bonds. The van der Waals surface area contributed by atoms with E-state index in [1.165, 1.54) is 0 Å². The van der Waals surface area contributed by atoms with Crippen molar-refractivity contribution in [3.63, 3.8) is 0 Å². The van der Waals surface area contributed by atoms with Crippen LogP contribution in [0.3, 0.4) is 0 Å². The van der Waals surface area contributed by atoms with E-state index in [2.05, 4.69) is 15.0 Å². The van der Waals surface area contributed by atoms with Crippen molar-refractivity contribution in [1.82, 2.24) is 24.2 Å². The van der Waals surface area contributed by atoms with Crippen LogP contribution in [0.4, 0.5) is 0 Å². The summed E-state index contributed by atoms with van der Waals surface area (Å²) in [5.41, 5.74) is 1.01. The summed E-state index contributed by atoms with van der Waals surface area (Å²) in [5, 5.41) is 4.16. The predicted octanol–water partition coefficient (Wildman–Crippen LogP) is -0.538. The van der Waals surface area contributed by atoms with Crippen molar-refractivity contribution in [3.05, 3.63) is 22.9 Å². The number of rotatable bonds is 3. The van der Waals surface area contributed by atoms with Crippen LogP contribution in [0.1, 0.15) is 0 Å². The highest BCUT2D eigenvalue weighted by Crippen LogP contribution is 2.02. The number of hydrogen-bond donors (Lipinski definition) is 0. The van der Waals surface area contributed by atoms with E-state index in [9.17, 15) is 4.79 Å². The van der Waals surface area contributed by atoms with Crippen LogP contribution in [-0.4, -0.2) is 57.1 Å². The molecular weight excluding hydrogens is 246 g/mol. The number of fused-ring (bicyclic) bond motifs is 1. The van der Waals surface area contributed by atoms with Gasteiger partial charge in [0.2, 0.25) is 0 Å². The molecule has 7 heteroatoms. The second-order valence-electron chi connectivity index (χ2n) is 4.73. The fraction of sp³-hybridized carbons (Fsp3) is 0.583. The maximum absolute atomic E-state index is 12.2. The molecule has 3 heterocycles. The number of aryl methyl sites for hydroxylation is 1. The summed E-state index contributed by atoms with van der Waals surface area (Å²) in [7, 11) is 1.79. The van der Waals surface area contributed by atoms with Gasteiger partial charge in [-0.25, -0.2) is 4.98 Å². The van der Waals surface area contributed by atoms with Gasteiger partial charge >= 0.3 is 0 Å². The van der Waals surface area contributed by atoms with Crippen molar-refractivity contribution in [3.8, 4) is 0 Å². The van der Waals surface area contributed by atoms with Crippen molar-refractivity contribution in [2.24, 2.45) is 7.05 Å². The van der Waals surface area contributed by atoms with Gasteiger partial charge in [0.1, 0.15) is 5.52 Å². The van der Waals surface area contributed by atoms with Crippen molar-refractivity contribution in [1.29, 1.82) is 0 Å². The Balaban J connectivity index is 1.77. The Morgan fingerprint density at radius 2 is 2.11 bits per heavy atom.